The van der Waals surface area contributed by atoms with Gasteiger partial charge in [-0.3, -0.25) is 4.79 Å². The second-order valence-corrected chi connectivity index (χ2v) is 11.2. The average molecular weight is 486 g/mol. The predicted molar refractivity (Wildman–Crippen MR) is 135 cm³/mol. The zero-order valence-electron chi connectivity index (χ0n) is 20.6. The standard InChI is InChI=1S/C26H36ClN5O2/c1-17-13-21(33)23-22(17)24(30-16-29-23)31-9-11-32(12-10-31)25(34)20(14-28-15-26(2,3)4)18-5-7-19(27)8-6-18/h5-8,16-17,20-21,28,33H,9-15H2,1-4H3/t17-,20-,21-/m1/s1. The van der Waals surface area contributed by atoms with Gasteiger partial charge in [-0.2, -0.15) is 0 Å². The summed E-state index contributed by atoms with van der Waals surface area (Å²) in [6.07, 6.45) is 1.71. The average Bonchev–Trinajstić information content (AvgIpc) is 3.10. The van der Waals surface area contributed by atoms with Gasteiger partial charge in [0, 0.05) is 49.9 Å². The zero-order chi connectivity index (χ0) is 24.5. The predicted octanol–water partition coefficient (Wildman–Crippen LogP) is 3.74. The Kier molecular flexibility index (Phi) is 7.45. The van der Waals surface area contributed by atoms with Crippen LogP contribution in [0.5, 0.6) is 0 Å². The van der Waals surface area contributed by atoms with Crippen molar-refractivity contribution in [1.29, 1.82) is 0 Å². The molecule has 7 nitrogen and oxygen atoms in total. The normalized spacial score (nSPS) is 21.5. The second-order valence-electron chi connectivity index (χ2n) is 10.8. The topological polar surface area (TPSA) is 81.6 Å². The minimum Gasteiger partial charge on any atom is -0.387 e. The van der Waals surface area contributed by atoms with E-state index in [1.54, 1.807) is 6.33 Å². The van der Waals surface area contributed by atoms with Crippen LogP contribution in [0.3, 0.4) is 0 Å². The third-order valence-corrected chi connectivity index (χ3v) is 7.00. The number of amides is 1. The Morgan fingerprint density at radius 3 is 2.50 bits per heavy atom. The van der Waals surface area contributed by atoms with Gasteiger partial charge in [0.15, 0.2) is 0 Å². The van der Waals surface area contributed by atoms with Crippen LogP contribution in [0.15, 0.2) is 30.6 Å². The van der Waals surface area contributed by atoms with Crippen molar-refractivity contribution in [2.24, 2.45) is 5.41 Å². The van der Waals surface area contributed by atoms with Gasteiger partial charge in [0.25, 0.3) is 0 Å². The van der Waals surface area contributed by atoms with Gasteiger partial charge >= 0.3 is 0 Å². The first kappa shape index (κ1) is 24.9. The van der Waals surface area contributed by atoms with Crippen molar-refractivity contribution >= 4 is 23.3 Å². The molecular formula is C26H36ClN5O2. The van der Waals surface area contributed by atoms with Crippen molar-refractivity contribution in [3.8, 4) is 0 Å². The van der Waals surface area contributed by atoms with Gasteiger partial charge in [-0.05, 0) is 35.4 Å². The van der Waals surface area contributed by atoms with Gasteiger partial charge in [-0.1, -0.05) is 51.4 Å². The van der Waals surface area contributed by atoms with Crippen LogP contribution in [-0.4, -0.2) is 65.2 Å². The number of carbonyl (C=O) groups excluding carboxylic acids is 1. The highest BCUT2D eigenvalue weighted by molar-refractivity contribution is 6.30. The summed E-state index contributed by atoms with van der Waals surface area (Å²) in [5.74, 6) is 1.01. The Bertz CT molecular complexity index is 999. The van der Waals surface area contributed by atoms with Crippen LogP contribution in [0.25, 0.3) is 0 Å². The van der Waals surface area contributed by atoms with E-state index in [9.17, 15) is 9.90 Å². The third kappa shape index (κ3) is 5.53. The van der Waals surface area contributed by atoms with Crippen molar-refractivity contribution in [2.75, 3.05) is 44.2 Å². The van der Waals surface area contributed by atoms with Crippen LogP contribution >= 0.6 is 11.6 Å². The maximum atomic E-state index is 13.6. The molecule has 2 aliphatic rings. The third-order valence-electron chi connectivity index (χ3n) is 6.74. The lowest BCUT2D eigenvalue weighted by Crippen LogP contribution is -2.51. The Morgan fingerprint density at radius 2 is 1.85 bits per heavy atom. The fourth-order valence-electron chi connectivity index (χ4n) is 4.95. The summed E-state index contributed by atoms with van der Waals surface area (Å²) < 4.78 is 0. The Balaban J connectivity index is 1.46. The van der Waals surface area contributed by atoms with E-state index in [1.165, 1.54) is 0 Å². The van der Waals surface area contributed by atoms with E-state index in [-0.39, 0.29) is 23.2 Å². The van der Waals surface area contributed by atoms with Gasteiger partial charge in [-0.15, -0.1) is 0 Å². The first-order valence-corrected chi connectivity index (χ1v) is 12.5. The number of nitrogens with zero attached hydrogens (tertiary/aromatic N) is 4. The number of aromatic nitrogens is 2. The zero-order valence-corrected chi connectivity index (χ0v) is 21.3. The summed E-state index contributed by atoms with van der Waals surface area (Å²) >= 11 is 6.10. The number of piperazine rings is 1. The van der Waals surface area contributed by atoms with Crippen molar-refractivity contribution in [3.63, 3.8) is 0 Å². The molecule has 2 N–H and O–H groups in total. The fourth-order valence-corrected chi connectivity index (χ4v) is 5.07. The summed E-state index contributed by atoms with van der Waals surface area (Å²) in [4.78, 5) is 26.7. The van der Waals surface area contributed by atoms with E-state index >= 15 is 0 Å². The highest BCUT2D eigenvalue weighted by atomic mass is 35.5. The van der Waals surface area contributed by atoms with Crippen molar-refractivity contribution in [1.82, 2.24) is 20.2 Å². The van der Waals surface area contributed by atoms with Crippen LogP contribution in [0.1, 0.15) is 68.9 Å². The van der Waals surface area contributed by atoms with E-state index in [0.717, 1.165) is 29.2 Å². The van der Waals surface area contributed by atoms with Gasteiger partial charge in [0.1, 0.15) is 12.1 Å². The molecular weight excluding hydrogens is 450 g/mol. The number of anilines is 1. The number of benzene rings is 1. The van der Waals surface area contributed by atoms with Crippen molar-refractivity contribution < 1.29 is 9.90 Å². The Labute approximate surface area is 207 Å². The van der Waals surface area contributed by atoms with Crippen LogP contribution in [0.4, 0.5) is 5.82 Å². The van der Waals surface area contributed by atoms with E-state index in [4.69, 9.17) is 11.6 Å². The van der Waals surface area contributed by atoms with Crippen molar-refractivity contribution in [3.05, 3.63) is 52.4 Å². The number of rotatable bonds is 6. The number of halogens is 1. The molecule has 0 unspecified atom stereocenters. The first-order chi connectivity index (χ1) is 16.1. The maximum absolute atomic E-state index is 13.6. The quantitative estimate of drug-likeness (QED) is 0.648. The highest BCUT2D eigenvalue weighted by Crippen LogP contribution is 2.42. The molecule has 1 aliphatic heterocycles. The summed E-state index contributed by atoms with van der Waals surface area (Å²) in [5, 5.41) is 14.5. The molecule has 1 saturated heterocycles. The smallest absolute Gasteiger partial charge is 0.231 e. The number of carbonyl (C=O) groups is 1. The first-order valence-electron chi connectivity index (χ1n) is 12.2. The molecule has 4 rings (SSSR count). The number of hydrogen-bond donors (Lipinski definition) is 2. The molecule has 1 aromatic heterocycles. The molecule has 2 heterocycles. The summed E-state index contributed by atoms with van der Waals surface area (Å²) in [6.45, 7) is 12.8. The van der Waals surface area contributed by atoms with Gasteiger partial charge in [0.05, 0.1) is 17.7 Å². The molecule has 8 heteroatoms. The maximum Gasteiger partial charge on any atom is 0.231 e. The molecule has 3 atom stereocenters. The van der Waals surface area contributed by atoms with Gasteiger partial charge in [0.2, 0.25) is 5.91 Å². The molecule has 1 fully saturated rings. The lowest BCUT2D eigenvalue weighted by atomic mass is 9.94. The number of aliphatic hydroxyl groups excluding tert-OH is 1. The van der Waals surface area contributed by atoms with E-state index in [2.05, 4.69) is 47.9 Å². The lowest BCUT2D eigenvalue weighted by molar-refractivity contribution is -0.133. The van der Waals surface area contributed by atoms with Crippen LogP contribution < -0.4 is 10.2 Å². The molecule has 184 valence electrons. The molecule has 0 saturated carbocycles. The number of fused-ring (bicyclic) bond motifs is 1. The minimum absolute atomic E-state index is 0.139. The largest absolute Gasteiger partial charge is 0.387 e. The van der Waals surface area contributed by atoms with Crippen LogP contribution in [0.2, 0.25) is 5.02 Å². The molecule has 0 radical (unpaired) electrons. The van der Waals surface area contributed by atoms with E-state index in [0.29, 0.717) is 44.2 Å². The molecule has 1 aliphatic carbocycles. The second kappa shape index (κ2) is 10.2. The van der Waals surface area contributed by atoms with E-state index in [1.807, 2.05) is 29.2 Å². The number of nitrogens with one attached hydrogen (secondary N) is 1. The lowest BCUT2D eigenvalue weighted by Gasteiger charge is -2.38. The molecule has 1 amide bonds. The monoisotopic (exact) mass is 485 g/mol. The van der Waals surface area contributed by atoms with Crippen LogP contribution in [0, 0.1) is 5.41 Å². The fraction of sp³-hybridized carbons (Fsp3) is 0.577. The van der Waals surface area contributed by atoms with Gasteiger partial charge in [-0.25, -0.2) is 9.97 Å². The summed E-state index contributed by atoms with van der Waals surface area (Å²) in [6, 6.07) is 7.61. The Hall–Kier alpha value is -2.22. The molecule has 0 bridgehead atoms. The molecule has 1 aromatic carbocycles. The minimum atomic E-state index is -0.518. The number of hydrogen-bond acceptors (Lipinski definition) is 6. The Morgan fingerprint density at radius 1 is 1.18 bits per heavy atom. The molecule has 34 heavy (non-hydrogen) atoms. The van der Waals surface area contributed by atoms with Crippen LogP contribution in [-0.2, 0) is 4.79 Å². The highest BCUT2D eigenvalue weighted by Gasteiger charge is 2.35. The summed E-state index contributed by atoms with van der Waals surface area (Å²) in [7, 11) is 0. The molecule has 0 spiro atoms. The number of aliphatic hydroxyl groups is 1. The van der Waals surface area contributed by atoms with Crippen molar-refractivity contribution in [2.45, 2.75) is 52.1 Å². The van der Waals surface area contributed by atoms with E-state index < -0.39 is 6.10 Å². The van der Waals surface area contributed by atoms with Gasteiger partial charge < -0.3 is 20.2 Å². The SMILES string of the molecule is C[C@@H]1C[C@@H](O)c2ncnc(N3CCN(C(=O)[C@H](CNCC(C)(C)C)c4ccc(Cl)cc4)CC3)c21. The molecule has 2 aromatic rings. The summed E-state index contributed by atoms with van der Waals surface area (Å²) in [5.41, 5.74) is 2.93.